The number of carbonyl (C=O) groups excluding carboxylic acids is 1. The highest BCUT2D eigenvalue weighted by atomic mass is 35.5. The Morgan fingerprint density at radius 2 is 1.96 bits per heavy atom. The van der Waals surface area contributed by atoms with Gasteiger partial charge < -0.3 is 5.32 Å². The molecule has 3 rings (SSSR count). The molecule has 2 aromatic carbocycles. The van der Waals surface area contributed by atoms with Gasteiger partial charge in [-0.25, -0.2) is 13.5 Å². The molecule has 23 heavy (non-hydrogen) atoms. The first kappa shape index (κ1) is 15.2. The molecule has 0 radical (unpaired) electrons. The molecule has 1 aromatic heterocycles. The second-order valence-corrected chi connectivity index (χ2v) is 5.11. The summed E-state index contributed by atoms with van der Waals surface area (Å²) in [5.41, 5.74) is 0.584. The standard InChI is InChI=1S/C16H10ClF2N3O/c17-13-3-1-2-4-15(13)22-9-11(8-20-22)21-16(23)12-7-10(18)5-6-14(12)19/h1-9H,(H,21,23). The summed E-state index contributed by atoms with van der Waals surface area (Å²) in [5, 5.41) is 7.04. The molecule has 0 aliphatic rings. The van der Waals surface area contributed by atoms with E-state index in [1.54, 1.807) is 24.3 Å². The number of carbonyl (C=O) groups is 1. The average molecular weight is 334 g/mol. The van der Waals surface area contributed by atoms with Gasteiger partial charge in [0.1, 0.15) is 11.6 Å². The summed E-state index contributed by atoms with van der Waals surface area (Å²) in [4.78, 5) is 12.0. The van der Waals surface area contributed by atoms with Crippen LogP contribution in [0.2, 0.25) is 5.02 Å². The molecule has 0 spiro atoms. The maximum atomic E-state index is 13.6. The first-order valence-electron chi connectivity index (χ1n) is 6.60. The highest BCUT2D eigenvalue weighted by Gasteiger charge is 2.14. The van der Waals surface area contributed by atoms with E-state index < -0.39 is 17.5 Å². The number of anilines is 1. The fourth-order valence-electron chi connectivity index (χ4n) is 2.03. The number of hydrogen-bond donors (Lipinski definition) is 1. The van der Waals surface area contributed by atoms with Crippen LogP contribution in [0.15, 0.2) is 54.9 Å². The van der Waals surface area contributed by atoms with Crippen molar-refractivity contribution in [2.75, 3.05) is 5.32 Å². The number of rotatable bonds is 3. The van der Waals surface area contributed by atoms with Crippen LogP contribution in [0.3, 0.4) is 0 Å². The lowest BCUT2D eigenvalue weighted by atomic mass is 10.2. The average Bonchev–Trinajstić information content (AvgIpc) is 2.98. The Labute approximate surface area is 135 Å². The Kier molecular flexibility index (Phi) is 4.08. The number of amides is 1. The molecule has 1 heterocycles. The van der Waals surface area contributed by atoms with Crippen molar-refractivity contribution >= 4 is 23.2 Å². The summed E-state index contributed by atoms with van der Waals surface area (Å²) >= 11 is 6.07. The Balaban J connectivity index is 1.83. The molecular formula is C16H10ClF2N3O. The quantitative estimate of drug-likeness (QED) is 0.785. The number of nitrogens with one attached hydrogen (secondary N) is 1. The Morgan fingerprint density at radius 3 is 2.74 bits per heavy atom. The van der Waals surface area contributed by atoms with E-state index >= 15 is 0 Å². The van der Waals surface area contributed by atoms with Crippen molar-refractivity contribution < 1.29 is 13.6 Å². The zero-order valence-corrected chi connectivity index (χ0v) is 12.4. The minimum Gasteiger partial charge on any atom is -0.319 e. The van der Waals surface area contributed by atoms with Crippen LogP contribution in [0.1, 0.15) is 10.4 Å². The van der Waals surface area contributed by atoms with E-state index in [4.69, 9.17) is 11.6 Å². The van der Waals surface area contributed by atoms with Crippen LogP contribution in [0.25, 0.3) is 5.69 Å². The van der Waals surface area contributed by atoms with Crippen molar-refractivity contribution in [2.24, 2.45) is 0 Å². The van der Waals surface area contributed by atoms with Gasteiger partial charge in [0.15, 0.2) is 0 Å². The number of hydrogen-bond acceptors (Lipinski definition) is 2. The SMILES string of the molecule is O=C(Nc1cnn(-c2ccccc2Cl)c1)c1cc(F)ccc1F. The molecule has 7 heteroatoms. The Hall–Kier alpha value is -2.73. The van der Waals surface area contributed by atoms with Crippen LogP contribution in [-0.2, 0) is 0 Å². The van der Waals surface area contributed by atoms with Crippen LogP contribution in [-0.4, -0.2) is 15.7 Å². The predicted molar refractivity (Wildman–Crippen MR) is 82.9 cm³/mol. The van der Waals surface area contributed by atoms with Crippen molar-refractivity contribution in [1.29, 1.82) is 0 Å². The van der Waals surface area contributed by atoms with Crippen molar-refractivity contribution in [1.82, 2.24) is 9.78 Å². The summed E-state index contributed by atoms with van der Waals surface area (Å²) in [6.07, 6.45) is 2.91. The van der Waals surface area contributed by atoms with Gasteiger partial charge in [-0.1, -0.05) is 23.7 Å². The number of benzene rings is 2. The van der Waals surface area contributed by atoms with E-state index in [0.717, 1.165) is 18.2 Å². The fraction of sp³-hybridized carbons (Fsp3) is 0. The molecule has 0 atom stereocenters. The first-order chi connectivity index (χ1) is 11.0. The lowest BCUT2D eigenvalue weighted by Crippen LogP contribution is -2.13. The highest BCUT2D eigenvalue weighted by Crippen LogP contribution is 2.21. The Morgan fingerprint density at radius 1 is 1.17 bits per heavy atom. The minimum absolute atomic E-state index is 0.332. The molecule has 0 fully saturated rings. The highest BCUT2D eigenvalue weighted by molar-refractivity contribution is 6.32. The van der Waals surface area contributed by atoms with Crippen molar-refractivity contribution in [3.8, 4) is 5.69 Å². The normalized spacial score (nSPS) is 10.6. The number of halogens is 3. The lowest BCUT2D eigenvalue weighted by molar-refractivity contribution is 0.102. The van der Waals surface area contributed by atoms with E-state index in [1.807, 2.05) is 0 Å². The van der Waals surface area contributed by atoms with Crippen LogP contribution in [0.5, 0.6) is 0 Å². The molecule has 0 aliphatic carbocycles. The van der Waals surface area contributed by atoms with Gasteiger partial charge >= 0.3 is 0 Å². The van der Waals surface area contributed by atoms with Crippen molar-refractivity contribution in [2.45, 2.75) is 0 Å². The maximum Gasteiger partial charge on any atom is 0.258 e. The molecular weight excluding hydrogens is 324 g/mol. The van der Waals surface area contributed by atoms with Gasteiger partial charge in [-0.15, -0.1) is 0 Å². The van der Waals surface area contributed by atoms with Gasteiger partial charge in [0.2, 0.25) is 0 Å². The van der Waals surface area contributed by atoms with E-state index in [1.165, 1.54) is 17.1 Å². The van der Waals surface area contributed by atoms with E-state index in [0.29, 0.717) is 16.4 Å². The summed E-state index contributed by atoms with van der Waals surface area (Å²) in [6, 6.07) is 9.72. The van der Waals surface area contributed by atoms with Crippen LogP contribution < -0.4 is 5.32 Å². The maximum absolute atomic E-state index is 13.6. The number of nitrogens with zero attached hydrogens (tertiary/aromatic N) is 2. The monoisotopic (exact) mass is 333 g/mol. The van der Waals surface area contributed by atoms with E-state index in [-0.39, 0.29) is 5.56 Å². The Bertz CT molecular complexity index is 879. The first-order valence-corrected chi connectivity index (χ1v) is 6.98. The summed E-state index contributed by atoms with van der Waals surface area (Å²) in [5.74, 6) is -2.26. The third kappa shape index (κ3) is 3.22. The van der Waals surface area contributed by atoms with E-state index in [2.05, 4.69) is 10.4 Å². The summed E-state index contributed by atoms with van der Waals surface area (Å²) < 4.78 is 28.2. The number of aromatic nitrogens is 2. The molecule has 0 unspecified atom stereocenters. The largest absolute Gasteiger partial charge is 0.319 e. The molecule has 116 valence electrons. The molecule has 0 aliphatic heterocycles. The third-order valence-corrected chi connectivity index (χ3v) is 3.43. The lowest BCUT2D eigenvalue weighted by Gasteiger charge is -2.04. The predicted octanol–water partition coefficient (Wildman–Crippen LogP) is 4.06. The van der Waals surface area contributed by atoms with Crippen molar-refractivity contribution in [3.63, 3.8) is 0 Å². The molecule has 0 saturated carbocycles. The van der Waals surface area contributed by atoms with Gasteiger partial charge in [-0.2, -0.15) is 5.10 Å². The molecule has 0 saturated heterocycles. The fourth-order valence-corrected chi connectivity index (χ4v) is 2.25. The molecule has 4 nitrogen and oxygen atoms in total. The second-order valence-electron chi connectivity index (χ2n) is 4.70. The number of para-hydroxylation sites is 1. The van der Waals surface area contributed by atoms with Gasteiger partial charge in [0, 0.05) is 0 Å². The zero-order valence-electron chi connectivity index (χ0n) is 11.6. The topological polar surface area (TPSA) is 46.9 Å². The zero-order chi connectivity index (χ0) is 16.4. The summed E-state index contributed by atoms with van der Waals surface area (Å²) in [6.45, 7) is 0. The molecule has 0 bridgehead atoms. The molecule has 1 amide bonds. The van der Waals surface area contributed by atoms with Crippen molar-refractivity contribution in [3.05, 3.63) is 77.1 Å². The third-order valence-electron chi connectivity index (χ3n) is 3.11. The summed E-state index contributed by atoms with van der Waals surface area (Å²) in [7, 11) is 0. The smallest absolute Gasteiger partial charge is 0.258 e. The van der Waals surface area contributed by atoms with Gasteiger partial charge in [0.25, 0.3) is 5.91 Å². The van der Waals surface area contributed by atoms with E-state index in [9.17, 15) is 13.6 Å². The van der Waals surface area contributed by atoms with Crippen LogP contribution >= 0.6 is 11.6 Å². The molecule has 1 N–H and O–H groups in total. The van der Waals surface area contributed by atoms with Gasteiger partial charge in [-0.3, -0.25) is 4.79 Å². The van der Waals surface area contributed by atoms with Crippen LogP contribution in [0.4, 0.5) is 14.5 Å². The molecule has 3 aromatic rings. The van der Waals surface area contributed by atoms with Gasteiger partial charge in [-0.05, 0) is 30.3 Å². The minimum atomic E-state index is -0.803. The second kappa shape index (κ2) is 6.18. The van der Waals surface area contributed by atoms with Crippen LogP contribution in [0, 0.1) is 11.6 Å². The van der Waals surface area contributed by atoms with Gasteiger partial charge in [0.05, 0.1) is 34.4 Å².